The number of aromatic nitrogens is 1. The van der Waals surface area contributed by atoms with E-state index < -0.39 is 22.4 Å². The Morgan fingerprint density at radius 1 is 1.21 bits per heavy atom. The third-order valence-electron chi connectivity index (χ3n) is 7.52. The topological polar surface area (TPSA) is 93.6 Å². The van der Waals surface area contributed by atoms with E-state index in [4.69, 9.17) is 9.72 Å². The van der Waals surface area contributed by atoms with E-state index >= 15 is 0 Å². The Kier molecular flexibility index (Phi) is 7.68. The summed E-state index contributed by atoms with van der Waals surface area (Å²) in [6.45, 7) is 3.43. The van der Waals surface area contributed by atoms with Crippen LogP contribution in [-0.4, -0.2) is 60.4 Å². The van der Waals surface area contributed by atoms with Crippen LogP contribution in [0.5, 0.6) is 0 Å². The summed E-state index contributed by atoms with van der Waals surface area (Å²) in [4.78, 5) is 34.6. The summed E-state index contributed by atoms with van der Waals surface area (Å²) < 4.78 is 29.8. The third kappa shape index (κ3) is 5.40. The van der Waals surface area contributed by atoms with Gasteiger partial charge in [0.2, 0.25) is 0 Å². The fraction of sp³-hybridized carbons (Fsp3) is 0.414. The van der Waals surface area contributed by atoms with E-state index in [1.807, 2.05) is 49.6 Å². The summed E-state index contributed by atoms with van der Waals surface area (Å²) in [5.74, 6) is -0.874. The van der Waals surface area contributed by atoms with E-state index in [-0.39, 0.29) is 29.5 Å². The first kappa shape index (κ1) is 26.6. The molecule has 38 heavy (non-hydrogen) atoms. The Hall–Kier alpha value is -3.04. The number of carbonyl (C=O) groups is 2. The summed E-state index contributed by atoms with van der Waals surface area (Å²) in [7, 11) is -3.16. The van der Waals surface area contributed by atoms with E-state index in [2.05, 4.69) is 12.1 Å². The molecule has 9 heteroatoms. The van der Waals surface area contributed by atoms with Crippen molar-refractivity contribution >= 4 is 55.6 Å². The maximum absolute atomic E-state index is 13.6. The molecule has 0 spiro atoms. The number of para-hydroxylation sites is 1. The molecule has 0 unspecified atom stereocenters. The minimum absolute atomic E-state index is 0.0428. The molecule has 0 radical (unpaired) electrons. The normalized spacial score (nSPS) is 20.3. The Bertz CT molecular complexity index is 1490. The molecular formula is C29H32N2O5S2. The van der Waals surface area contributed by atoms with E-state index in [1.54, 1.807) is 16.2 Å². The second-order valence-electron chi connectivity index (χ2n) is 10.1. The van der Waals surface area contributed by atoms with Crippen LogP contribution < -0.4 is 0 Å². The highest BCUT2D eigenvalue weighted by molar-refractivity contribution is 7.91. The number of hydrogen-bond donors (Lipinski definition) is 0. The van der Waals surface area contributed by atoms with Crippen molar-refractivity contribution in [1.29, 1.82) is 0 Å². The SMILES string of the molecule is CC[C@H](C)N(C(=O)COC(=O)c1c2c(nc3ccccc13)/C(=C\c1cccs1)CCC2)[C@H]1CCS(=O)(=O)C1. The highest BCUT2D eigenvalue weighted by Gasteiger charge is 2.37. The molecule has 1 aromatic carbocycles. The lowest BCUT2D eigenvalue weighted by molar-refractivity contribution is -0.138. The number of nitrogens with zero attached hydrogens (tertiary/aromatic N) is 2. The number of ether oxygens (including phenoxy) is 1. The van der Waals surface area contributed by atoms with Crippen LogP contribution in [0.1, 0.15) is 66.0 Å². The molecule has 0 N–H and O–H groups in total. The number of esters is 1. The van der Waals surface area contributed by atoms with Gasteiger partial charge in [-0.1, -0.05) is 31.2 Å². The number of benzene rings is 1. The summed E-state index contributed by atoms with van der Waals surface area (Å²) in [6, 6.07) is 11.1. The van der Waals surface area contributed by atoms with Crippen molar-refractivity contribution in [2.45, 2.75) is 58.0 Å². The van der Waals surface area contributed by atoms with Crippen LogP contribution in [0, 0.1) is 0 Å². The molecular weight excluding hydrogens is 520 g/mol. The Balaban J connectivity index is 1.45. The van der Waals surface area contributed by atoms with Crippen LogP contribution in [0.15, 0.2) is 41.8 Å². The Morgan fingerprint density at radius 3 is 2.74 bits per heavy atom. The number of allylic oxidation sites excluding steroid dienone is 1. The first-order valence-electron chi connectivity index (χ1n) is 13.1. The predicted molar refractivity (Wildman–Crippen MR) is 151 cm³/mol. The first-order chi connectivity index (χ1) is 18.3. The number of pyridine rings is 1. The van der Waals surface area contributed by atoms with Crippen molar-refractivity contribution in [3.63, 3.8) is 0 Å². The number of thiophene rings is 1. The van der Waals surface area contributed by atoms with Crippen LogP contribution in [0.2, 0.25) is 0 Å². The zero-order valence-electron chi connectivity index (χ0n) is 21.7. The van der Waals surface area contributed by atoms with Gasteiger partial charge in [0.1, 0.15) is 0 Å². The molecule has 1 aliphatic heterocycles. The molecule has 2 aliphatic rings. The fourth-order valence-electron chi connectivity index (χ4n) is 5.53. The summed E-state index contributed by atoms with van der Waals surface area (Å²) >= 11 is 1.66. The van der Waals surface area contributed by atoms with Crippen molar-refractivity contribution in [2.24, 2.45) is 0 Å². The molecule has 1 saturated heterocycles. The summed E-state index contributed by atoms with van der Waals surface area (Å²) in [6.07, 6.45) is 5.69. The molecule has 7 nitrogen and oxygen atoms in total. The van der Waals surface area contributed by atoms with Gasteiger partial charge in [-0.2, -0.15) is 0 Å². The van der Waals surface area contributed by atoms with Gasteiger partial charge < -0.3 is 9.64 Å². The van der Waals surface area contributed by atoms with Crippen LogP contribution in [0.3, 0.4) is 0 Å². The number of amides is 1. The lowest BCUT2D eigenvalue weighted by Crippen LogP contribution is -2.48. The standard InChI is InChI=1S/C29H32N2O5S2/c1-3-19(2)31(21-13-15-38(34,35)18-21)26(32)17-36-29(33)27-23-10-4-5-12-25(23)30-28-20(8-6-11-24(27)28)16-22-9-7-14-37-22/h4-5,7,9-10,12,14,16,19,21H,3,6,8,11,13,15,17-18H2,1-2H3/b20-16-/t19-,21-/m0/s1. The van der Waals surface area contributed by atoms with E-state index in [9.17, 15) is 18.0 Å². The Morgan fingerprint density at radius 2 is 2.03 bits per heavy atom. The fourth-order valence-corrected chi connectivity index (χ4v) is 7.92. The Labute approximate surface area is 227 Å². The van der Waals surface area contributed by atoms with Gasteiger partial charge in [0, 0.05) is 22.3 Å². The minimum atomic E-state index is -3.16. The number of fused-ring (bicyclic) bond motifs is 2. The van der Waals surface area contributed by atoms with Crippen LogP contribution in [0.4, 0.5) is 0 Å². The highest BCUT2D eigenvalue weighted by atomic mass is 32.2. The molecule has 200 valence electrons. The summed E-state index contributed by atoms with van der Waals surface area (Å²) in [5, 5.41) is 2.75. The summed E-state index contributed by atoms with van der Waals surface area (Å²) in [5.41, 5.74) is 3.94. The maximum atomic E-state index is 13.6. The van der Waals surface area contributed by atoms with Gasteiger partial charge in [-0.3, -0.25) is 4.79 Å². The van der Waals surface area contributed by atoms with Crippen molar-refractivity contribution in [2.75, 3.05) is 18.1 Å². The van der Waals surface area contributed by atoms with Crippen LogP contribution in [0.25, 0.3) is 22.6 Å². The minimum Gasteiger partial charge on any atom is -0.452 e. The smallest absolute Gasteiger partial charge is 0.339 e. The van der Waals surface area contributed by atoms with Gasteiger partial charge in [0.15, 0.2) is 16.4 Å². The van der Waals surface area contributed by atoms with E-state index in [0.29, 0.717) is 35.7 Å². The number of carbonyl (C=O) groups excluding carboxylic acids is 2. The van der Waals surface area contributed by atoms with Crippen molar-refractivity contribution in [3.8, 4) is 0 Å². The highest BCUT2D eigenvalue weighted by Crippen LogP contribution is 2.37. The van der Waals surface area contributed by atoms with Gasteiger partial charge in [-0.15, -0.1) is 11.3 Å². The van der Waals surface area contributed by atoms with Crippen molar-refractivity contribution in [3.05, 3.63) is 63.5 Å². The molecule has 2 aromatic heterocycles. The number of rotatable bonds is 7. The lowest BCUT2D eigenvalue weighted by Gasteiger charge is -2.33. The third-order valence-corrected chi connectivity index (χ3v) is 10.1. The molecule has 0 saturated carbocycles. The van der Waals surface area contributed by atoms with Gasteiger partial charge in [0.25, 0.3) is 5.91 Å². The number of hydrogen-bond acceptors (Lipinski definition) is 7. The largest absolute Gasteiger partial charge is 0.452 e. The quantitative estimate of drug-likeness (QED) is 0.377. The average molecular weight is 553 g/mol. The van der Waals surface area contributed by atoms with Crippen molar-refractivity contribution in [1.82, 2.24) is 9.88 Å². The molecule has 3 aromatic rings. The van der Waals surface area contributed by atoms with Crippen LogP contribution in [-0.2, 0) is 25.8 Å². The van der Waals surface area contributed by atoms with Gasteiger partial charge in [-0.25, -0.2) is 18.2 Å². The van der Waals surface area contributed by atoms with Crippen molar-refractivity contribution < 1.29 is 22.7 Å². The van der Waals surface area contributed by atoms with Gasteiger partial charge in [0.05, 0.1) is 28.3 Å². The predicted octanol–water partition coefficient (Wildman–Crippen LogP) is 5.14. The monoisotopic (exact) mass is 552 g/mol. The number of sulfone groups is 1. The molecule has 1 amide bonds. The van der Waals surface area contributed by atoms with E-state index in [1.165, 1.54) is 0 Å². The van der Waals surface area contributed by atoms with Crippen LogP contribution >= 0.6 is 11.3 Å². The molecule has 2 atom stereocenters. The average Bonchev–Trinajstić information content (AvgIpc) is 3.55. The second-order valence-corrected chi connectivity index (χ2v) is 13.3. The second kappa shape index (κ2) is 11.0. The van der Waals surface area contributed by atoms with E-state index in [0.717, 1.165) is 34.5 Å². The molecule has 1 aliphatic carbocycles. The zero-order chi connectivity index (χ0) is 26.9. The molecule has 3 heterocycles. The zero-order valence-corrected chi connectivity index (χ0v) is 23.3. The van der Waals surface area contributed by atoms with Gasteiger partial charge >= 0.3 is 5.97 Å². The lowest BCUT2D eigenvalue weighted by atomic mass is 9.86. The molecule has 0 bridgehead atoms. The first-order valence-corrected chi connectivity index (χ1v) is 15.8. The molecule has 1 fully saturated rings. The molecule has 5 rings (SSSR count). The van der Waals surface area contributed by atoms with Gasteiger partial charge in [-0.05, 0) is 73.8 Å². The maximum Gasteiger partial charge on any atom is 0.339 e.